The van der Waals surface area contributed by atoms with Gasteiger partial charge >= 0.3 is 6.03 Å². The number of aryl methyl sites for hydroxylation is 1. The number of thiophene rings is 1. The highest BCUT2D eigenvalue weighted by Gasteiger charge is 2.51. The first kappa shape index (κ1) is 11.3. The Kier molecular flexibility index (Phi) is 2.42. The number of amidine groups is 1. The zero-order valence-corrected chi connectivity index (χ0v) is 10.7. The summed E-state index contributed by atoms with van der Waals surface area (Å²) in [6, 6.07) is 1.73. The van der Waals surface area contributed by atoms with Crippen molar-refractivity contribution in [1.29, 1.82) is 0 Å². The summed E-state index contributed by atoms with van der Waals surface area (Å²) in [7, 11) is 0. The number of hydrogen-bond donors (Lipinski definition) is 1. The SMILES string of the molecule is C#CCN1C(=O)N=C(N)C12CCCc1sccc12. The Morgan fingerprint density at radius 1 is 1.67 bits per heavy atom. The molecule has 1 aliphatic carbocycles. The molecule has 5 heteroatoms. The normalized spacial score (nSPS) is 26.1. The predicted molar refractivity (Wildman–Crippen MR) is 71.5 cm³/mol. The van der Waals surface area contributed by atoms with Crippen molar-refractivity contribution in [2.75, 3.05) is 6.54 Å². The van der Waals surface area contributed by atoms with E-state index < -0.39 is 5.54 Å². The van der Waals surface area contributed by atoms with Crippen molar-refractivity contribution >= 4 is 23.2 Å². The number of carbonyl (C=O) groups is 1. The van der Waals surface area contributed by atoms with E-state index in [-0.39, 0.29) is 12.6 Å². The van der Waals surface area contributed by atoms with E-state index in [0.29, 0.717) is 5.84 Å². The van der Waals surface area contributed by atoms with Gasteiger partial charge in [0.15, 0.2) is 0 Å². The van der Waals surface area contributed by atoms with Gasteiger partial charge in [0, 0.05) is 4.88 Å². The largest absolute Gasteiger partial charge is 0.385 e. The van der Waals surface area contributed by atoms with Crippen molar-refractivity contribution in [3.8, 4) is 12.3 Å². The van der Waals surface area contributed by atoms with Gasteiger partial charge in [-0.25, -0.2) is 4.79 Å². The molecule has 0 saturated heterocycles. The number of aliphatic imine (C=N–C) groups is 1. The zero-order valence-electron chi connectivity index (χ0n) is 9.85. The lowest BCUT2D eigenvalue weighted by molar-refractivity contribution is 0.171. The lowest BCUT2D eigenvalue weighted by Crippen LogP contribution is -2.53. The maximum absolute atomic E-state index is 11.9. The molecule has 0 saturated carbocycles. The van der Waals surface area contributed by atoms with E-state index in [1.165, 1.54) is 4.88 Å². The molecule has 3 rings (SSSR count). The molecule has 1 aliphatic heterocycles. The summed E-state index contributed by atoms with van der Waals surface area (Å²) in [5.41, 5.74) is 6.58. The maximum Gasteiger partial charge on any atom is 0.347 e. The van der Waals surface area contributed by atoms with Gasteiger partial charge in [-0.05, 0) is 36.3 Å². The molecule has 4 nitrogen and oxygen atoms in total. The Hall–Kier alpha value is -1.80. The molecule has 0 fully saturated rings. The van der Waals surface area contributed by atoms with Crippen LogP contribution in [-0.2, 0) is 12.0 Å². The van der Waals surface area contributed by atoms with E-state index in [0.717, 1.165) is 24.8 Å². The van der Waals surface area contributed by atoms with E-state index >= 15 is 0 Å². The quantitative estimate of drug-likeness (QED) is 0.780. The smallest absolute Gasteiger partial charge is 0.347 e. The Morgan fingerprint density at radius 3 is 3.28 bits per heavy atom. The van der Waals surface area contributed by atoms with Crippen LogP contribution in [-0.4, -0.2) is 23.3 Å². The fourth-order valence-corrected chi connectivity index (χ4v) is 3.93. The van der Waals surface area contributed by atoms with E-state index in [2.05, 4.69) is 10.9 Å². The molecular weight excluding hydrogens is 246 g/mol. The maximum atomic E-state index is 11.9. The van der Waals surface area contributed by atoms with Gasteiger partial charge in [0.05, 0.1) is 6.54 Å². The highest BCUT2D eigenvalue weighted by Crippen LogP contribution is 2.45. The first-order valence-electron chi connectivity index (χ1n) is 5.86. The molecule has 0 bridgehead atoms. The van der Waals surface area contributed by atoms with E-state index in [9.17, 15) is 4.79 Å². The van der Waals surface area contributed by atoms with Crippen LogP contribution in [0.3, 0.4) is 0 Å². The summed E-state index contributed by atoms with van der Waals surface area (Å²) in [5, 5.41) is 2.04. The molecule has 1 unspecified atom stereocenters. The standard InChI is InChI=1S/C13H13N3OS/c1-2-7-16-12(17)15-11(14)13(16)6-3-4-10-9(13)5-8-18-10/h1,5,8H,3-4,6-7H2,(H2,14,15,17). The van der Waals surface area contributed by atoms with Gasteiger partial charge in [-0.2, -0.15) is 4.99 Å². The molecule has 1 atom stereocenters. The van der Waals surface area contributed by atoms with Gasteiger partial charge in [0.1, 0.15) is 11.4 Å². The number of rotatable bonds is 1. The van der Waals surface area contributed by atoms with Crippen LogP contribution in [0, 0.1) is 12.3 Å². The lowest BCUT2D eigenvalue weighted by atomic mass is 9.78. The van der Waals surface area contributed by atoms with Crippen molar-refractivity contribution in [2.24, 2.45) is 10.7 Å². The van der Waals surface area contributed by atoms with Crippen molar-refractivity contribution in [3.63, 3.8) is 0 Å². The summed E-state index contributed by atoms with van der Waals surface area (Å²) in [5.74, 6) is 2.93. The fraction of sp³-hybridized carbons (Fsp3) is 0.385. The molecule has 2 amide bonds. The molecule has 0 aromatic carbocycles. The highest BCUT2D eigenvalue weighted by atomic mass is 32.1. The minimum absolute atomic E-state index is 0.248. The van der Waals surface area contributed by atoms with Gasteiger partial charge in [-0.15, -0.1) is 17.8 Å². The number of terminal acetylenes is 1. The van der Waals surface area contributed by atoms with Crippen LogP contribution in [0.2, 0.25) is 0 Å². The second kappa shape index (κ2) is 3.85. The molecular formula is C13H13N3OS. The highest BCUT2D eigenvalue weighted by molar-refractivity contribution is 7.10. The molecule has 92 valence electrons. The van der Waals surface area contributed by atoms with Crippen LogP contribution in [0.15, 0.2) is 16.4 Å². The van der Waals surface area contributed by atoms with Gasteiger partial charge in [-0.3, -0.25) is 4.90 Å². The van der Waals surface area contributed by atoms with Gasteiger partial charge in [0.2, 0.25) is 0 Å². The van der Waals surface area contributed by atoms with E-state index in [4.69, 9.17) is 12.2 Å². The van der Waals surface area contributed by atoms with Gasteiger partial charge < -0.3 is 5.73 Å². The van der Waals surface area contributed by atoms with Crippen molar-refractivity contribution in [1.82, 2.24) is 4.90 Å². The summed E-state index contributed by atoms with van der Waals surface area (Å²) in [4.78, 5) is 18.8. The average molecular weight is 259 g/mol. The minimum Gasteiger partial charge on any atom is -0.385 e. The number of fused-ring (bicyclic) bond motifs is 2. The second-order valence-corrected chi connectivity index (χ2v) is 5.54. The van der Waals surface area contributed by atoms with Crippen molar-refractivity contribution < 1.29 is 4.79 Å². The van der Waals surface area contributed by atoms with Gasteiger partial charge in [-0.1, -0.05) is 5.92 Å². The summed E-state index contributed by atoms with van der Waals surface area (Å²) in [6.07, 6.45) is 8.21. The molecule has 0 radical (unpaired) electrons. The molecule has 1 aromatic rings. The Morgan fingerprint density at radius 2 is 2.50 bits per heavy atom. The zero-order chi connectivity index (χ0) is 12.8. The summed E-state index contributed by atoms with van der Waals surface area (Å²) < 4.78 is 0. The minimum atomic E-state index is -0.586. The number of urea groups is 1. The monoisotopic (exact) mass is 259 g/mol. The molecule has 2 heterocycles. The number of amides is 2. The Balaban J connectivity index is 2.18. The first-order chi connectivity index (χ1) is 8.70. The Bertz CT molecular complexity index is 583. The lowest BCUT2D eigenvalue weighted by Gasteiger charge is -2.40. The van der Waals surface area contributed by atoms with Crippen LogP contribution in [0.5, 0.6) is 0 Å². The van der Waals surface area contributed by atoms with E-state index in [1.807, 2.05) is 11.4 Å². The molecule has 2 N–H and O–H groups in total. The number of nitrogens with zero attached hydrogens (tertiary/aromatic N) is 2. The predicted octanol–water partition coefficient (Wildman–Crippen LogP) is 1.71. The van der Waals surface area contributed by atoms with E-state index in [1.54, 1.807) is 16.2 Å². The number of carbonyl (C=O) groups excluding carboxylic acids is 1. The van der Waals surface area contributed by atoms with Gasteiger partial charge in [0.25, 0.3) is 0 Å². The van der Waals surface area contributed by atoms with Crippen LogP contribution in [0.4, 0.5) is 4.79 Å². The van der Waals surface area contributed by atoms with Crippen LogP contribution in [0.1, 0.15) is 23.3 Å². The van der Waals surface area contributed by atoms with Crippen molar-refractivity contribution in [3.05, 3.63) is 21.9 Å². The fourth-order valence-electron chi connectivity index (χ4n) is 2.94. The first-order valence-corrected chi connectivity index (χ1v) is 6.74. The topological polar surface area (TPSA) is 58.7 Å². The molecule has 18 heavy (non-hydrogen) atoms. The third-order valence-electron chi connectivity index (χ3n) is 3.71. The summed E-state index contributed by atoms with van der Waals surface area (Å²) >= 11 is 1.71. The van der Waals surface area contributed by atoms with Crippen LogP contribution >= 0.6 is 11.3 Å². The number of nitrogens with two attached hydrogens (primary N) is 1. The Labute approximate surface area is 110 Å². The third-order valence-corrected chi connectivity index (χ3v) is 4.70. The average Bonchev–Trinajstić information content (AvgIpc) is 2.90. The summed E-state index contributed by atoms with van der Waals surface area (Å²) in [6.45, 7) is 0.248. The number of hydrogen-bond acceptors (Lipinski definition) is 3. The molecule has 2 aliphatic rings. The van der Waals surface area contributed by atoms with Crippen molar-refractivity contribution in [2.45, 2.75) is 24.8 Å². The second-order valence-electron chi connectivity index (χ2n) is 4.54. The molecule has 1 aromatic heterocycles. The molecule has 1 spiro atoms. The third kappa shape index (κ3) is 1.27. The van der Waals surface area contributed by atoms with Crippen LogP contribution in [0.25, 0.3) is 0 Å². The van der Waals surface area contributed by atoms with Crippen LogP contribution < -0.4 is 5.73 Å².